The number of para-hydroxylation sites is 2. The number of imide groups is 1. The standard InChI is InChI=1S/C28H34N6O3/c1-4-25(35)33-24(14-18-16-31-22-12-8-6-10-20(18)22)32-23(26(36)34-27(37)28(2,3)29)13-17-15-30-21-11-7-5-9-19(17)21/h5-12,15-16,23-24,30-32H,4,13-14,29H2,1-3H3,(H,33,35)(H,34,36,37)/t23-,24-/m1/s1. The van der Waals surface area contributed by atoms with Gasteiger partial charge in [-0.05, 0) is 43.5 Å². The lowest BCUT2D eigenvalue weighted by atomic mass is 10.0. The minimum Gasteiger partial charge on any atom is -0.361 e. The number of fused-ring (bicyclic) bond motifs is 2. The lowest BCUT2D eigenvalue weighted by molar-refractivity contribution is -0.134. The van der Waals surface area contributed by atoms with Gasteiger partial charge in [0.25, 0.3) is 0 Å². The molecule has 2 heterocycles. The van der Waals surface area contributed by atoms with E-state index in [0.29, 0.717) is 19.3 Å². The van der Waals surface area contributed by atoms with E-state index < -0.39 is 29.6 Å². The molecule has 0 aliphatic carbocycles. The second-order valence-corrected chi connectivity index (χ2v) is 9.86. The van der Waals surface area contributed by atoms with Crippen LogP contribution in [0, 0.1) is 0 Å². The third-order valence-corrected chi connectivity index (χ3v) is 6.40. The molecule has 0 spiro atoms. The highest BCUT2D eigenvalue weighted by atomic mass is 16.2. The Labute approximate surface area is 215 Å². The Morgan fingerprint density at radius 1 is 0.892 bits per heavy atom. The van der Waals surface area contributed by atoms with Crippen LogP contribution in [-0.2, 0) is 27.2 Å². The number of nitrogens with two attached hydrogens (primary N) is 1. The molecule has 0 radical (unpaired) electrons. The van der Waals surface area contributed by atoms with Crippen LogP contribution in [0.3, 0.4) is 0 Å². The summed E-state index contributed by atoms with van der Waals surface area (Å²) in [5, 5.41) is 10.8. The molecule has 2 aromatic heterocycles. The molecular weight excluding hydrogens is 468 g/mol. The Kier molecular flexibility index (Phi) is 7.75. The second-order valence-electron chi connectivity index (χ2n) is 9.86. The van der Waals surface area contributed by atoms with Crippen molar-refractivity contribution in [2.45, 2.75) is 57.8 Å². The first-order valence-corrected chi connectivity index (χ1v) is 12.4. The van der Waals surface area contributed by atoms with Gasteiger partial charge in [0.2, 0.25) is 17.7 Å². The number of carbonyl (C=O) groups excluding carboxylic acids is 3. The molecule has 9 nitrogen and oxygen atoms in total. The molecule has 0 aliphatic rings. The smallest absolute Gasteiger partial charge is 0.246 e. The van der Waals surface area contributed by atoms with Crippen molar-refractivity contribution in [1.29, 1.82) is 0 Å². The normalized spacial score (nSPS) is 13.4. The summed E-state index contributed by atoms with van der Waals surface area (Å²) in [6, 6.07) is 14.9. The summed E-state index contributed by atoms with van der Waals surface area (Å²) in [5.41, 5.74) is 8.54. The molecule has 0 unspecified atom stereocenters. The molecule has 0 bridgehead atoms. The maximum Gasteiger partial charge on any atom is 0.246 e. The summed E-state index contributed by atoms with van der Waals surface area (Å²) < 4.78 is 0. The van der Waals surface area contributed by atoms with E-state index in [1.807, 2.05) is 60.9 Å². The summed E-state index contributed by atoms with van der Waals surface area (Å²) in [6.07, 6.45) is 4.23. The molecule has 2 aromatic carbocycles. The van der Waals surface area contributed by atoms with Crippen molar-refractivity contribution in [2.24, 2.45) is 5.73 Å². The minimum atomic E-state index is -1.22. The van der Waals surface area contributed by atoms with Gasteiger partial charge >= 0.3 is 0 Å². The molecule has 0 aliphatic heterocycles. The summed E-state index contributed by atoms with van der Waals surface area (Å²) in [4.78, 5) is 44.8. The molecule has 194 valence electrons. The topological polar surface area (TPSA) is 145 Å². The van der Waals surface area contributed by atoms with Gasteiger partial charge in [0.05, 0.1) is 17.7 Å². The molecule has 3 amide bonds. The zero-order chi connectivity index (χ0) is 26.6. The highest BCUT2D eigenvalue weighted by Gasteiger charge is 2.30. The summed E-state index contributed by atoms with van der Waals surface area (Å²) in [7, 11) is 0. The maximum atomic E-state index is 13.4. The van der Waals surface area contributed by atoms with E-state index in [1.54, 1.807) is 20.8 Å². The fraction of sp³-hybridized carbons (Fsp3) is 0.321. The van der Waals surface area contributed by atoms with Crippen LogP contribution in [0.4, 0.5) is 0 Å². The van der Waals surface area contributed by atoms with Gasteiger partial charge in [0, 0.05) is 47.0 Å². The highest BCUT2D eigenvalue weighted by molar-refractivity contribution is 6.01. The Morgan fingerprint density at radius 3 is 1.97 bits per heavy atom. The highest BCUT2D eigenvalue weighted by Crippen LogP contribution is 2.21. The van der Waals surface area contributed by atoms with E-state index in [-0.39, 0.29) is 5.91 Å². The number of carbonyl (C=O) groups is 3. The lowest BCUT2D eigenvalue weighted by Gasteiger charge is -2.27. The quantitative estimate of drug-likeness (QED) is 0.185. The zero-order valence-corrected chi connectivity index (χ0v) is 21.4. The van der Waals surface area contributed by atoms with E-state index in [0.717, 1.165) is 32.9 Å². The Morgan fingerprint density at radius 2 is 1.43 bits per heavy atom. The van der Waals surface area contributed by atoms with E-state index in [4.69, 9.17) is 5.73 Å². The third-order valence-electron chi connectivity index (χ3n) is 6.40. The van der Waals surface area contributed by atoms with Crippen LogP contribution in [0.1, 0.15) is 38.3 Å². The maximum absolute atomic E-state index is 13.4. The average molecular weight is 503 g/mol. The summed E-state index contributed by atoms with van der Waals surface area (Å²) in [6.45, 7) is 4.86. The van der Waals surface area contributed by atoms with Crippen LogP contribution >= 0.6 is 0 Å². The van der Waals surface area contributed by atoms with Crippen molar-refractivity contribution < 1.29 is 14.4 Å². The zero-order valence-electron chi connectivity index (χ0n) is 21.4. The van der Waals surface area contributed by atoms with Crippen molar-refractivity contribution in [3.05, 3.63) is 72.1 Å². The fourth-order valence-electron chi connectivity index (χ4n) is 4.32. The average Bonchev–Trinajstić information content (AvgIpc) is 3.47. The summed E-state index contributed by atoms with van der Waals surface area (Å²) >= 11 is 0. The van der Waals surface area contributed by atoms with Gasteiger partial charge in [-0.2, -0.15) is 0 Å². The van der Waals surface area contributed by atoms with Crippen molar-refractivity contribution in [3.8, 4) is 0 Å². The van der Waals surface area contributed by atoms with Gasteiger partial charge in [0.1, 0.15) is 0 Å². The number of nitrogens with one attached hydrogen (secondary N) is 5. The molecule has 2 atom stereocenters. The van der Waals surface area contributed by atoms with E-state index >= 15 is 0 Å². The molecule has 0 saturated carbocycles. The number of benzene rings is 2. The number of H-pyrrole nitrogens is 2. The molecule has 0 saturated heterocycles. The molecule has 9 heteroatoms. The number of aromatic nitrogens is 2. The van der Waals surface area contributed by atoms with E-state index in [1.165, 1.54) is 0 Å². The number of hydrogen-bond donors (Lipinski definition) is 6. The van der Waals surface area contributed by atoms with Crippen LogP contribution in [-0.4, -0.2) is 45.4 Å². The Bertz CT molecular complexity index is 1410. The van der Waals surface area contributed by atoms with Gasteiger partial charge in [-0.1, -0.05) is 43.3 Å². The van der Waals surface area contributed by atoms with Crippen LogP contribution in [0.2, 0.25) is 0 Å². The predicted molar refractivity (Wildman–Crippen MR) is 145 cm³/mol. The molecule has 37 heavy (non-hydrogen) atoms. The summed E-state index contributed by atoms with van der Waals surface area (Å²) in [5.74, 6) is -1.24. The SMILES string of the molecule is CCC(=O)N[C@H](Cc1c[nH]c2ccccc12)N[C@H](Cc1c[nH]c2ccccc12)C(=O)NC(=O)C(C)(C)N. The van der Waals surface area contributed by atoms with Crippen LogP contribution in [0.5, 0.6) is 0 Å². The van der Waals surface area contributed by atoms with Gasteiger partial charge < -0.3 is 21.0 Å². The Balaban J connectivity index is 1.64. The van der Waals surface area contributed by atoms with Gasteiger partial charge in [-0.3, -0.25) is 25.0 Å². The molecule has 4 aromatic rings. The van der Waals surface area contributed by atoms with E-state index in [2.05, 4.69) is 25.9 Å². The van der Waals surface area contributed by atoms with Crippen LogP contribution < -0.4 is 21.7 Å². The number of aromatic amines is 2. The number of rotatable bonds is 10. The van der Waals surface area contributed by atoms with Crippen molar-refractivity contribution in [3.63, 3.8) is 0 Å². The first-order valence-electron chi connectivity index (χ1n) is 12.4. The third kappa shape index (κ3) is 6.25. The predicted octanol–water partition coefficient (Wildman–Crippen LogP) is 2.62. The van der Waals surface area contributed by atoms with Crippen molar-refractivity contribution >= 4 is 39.5 Å². The number of hydrogen-bond acceptors (Lipinski definition) is 5. The van der Waals surface area contributed by atoms with Crippen LogP contribution in [0.15, 0.2) is 60.9 Å². The van der Waals surface area contributed by atoms with Gasteiger partial charge in [0.15, 0.2) is 0 Å². The second kappa shape index (κ2) is 11.0. The van der Waals surface area contributed by atoms with Gasteiger partial charge in [-0.15, -0.1) is 0 Å². The minimum absolute atomic E-state index is 0.150. The largest absolute Gasteiger partial charge is 0.361 e. The number of amides is 3. The van der Waals surface area contributed by atoms with Gasteiger partial charge in [-0.25, -0.2) is 0 Å². The lowest BCUT2D eigenvalue weighted by Crippen LogP contribution is -2.59. The molecular formula is C28H34N6O3. The Hall–Kier alpha value is -3.95. The van der Waals surface area contributed by atoms with E-state index in [9.17, 15) is 14.4 Å². The molecule has 4 rings (SSSR count). The first kappa shape index (κ1) is 26.1. The first-order chi connectivity index (χ1) is 17.7. The van der Waals surface area contributed by atoms with Crippen molar-refractivity contribution in [2.75, 3.05) is 0 Å². The monoisotopic (exact) mass is 502 g/mol. The molecule has 7 N–H and O–H groups in total. The fourth-order valence-corrected chi connectivity index (χ4v) is 4.32. The van der Waals surface area contributed by atoms with Crippen LogP contribution in [0.25, 0.3) is 21.8 Å². The molecule has 0 fully saturated rings. The van der Waals surface area contributed by atoms with Crippen molar-refractivity contribution in [1.82, 2.24) is 25.9 Å².